The second kappa shape index (κ2) is 15.8. The molecule has 0 heterocycles. The van der Waals surface area contributed by atoms with Gasteiger partial charge in [0.2, 0.25) is 21.8 Å². The lowest BCUT2D eigenvalue weighted by Crippen LogP contribution is -2.42. The molecule has 174 valence electrons. The Balaban J connectivity index is 0. The van der Waals surface area contributed by atoms with Crippen LogP contribution >= 0.6 is 0 Å². The lowest BCUT2D eigenvalue weighted by molar-refractivity contribution is -0.122. The SMILES string of the molecule is CC(=O)NCCN(C(C)C)S(=O)(=O)c1ccccc1.CNC(=O)CCOCCOC.[HH]. The number of nitrogens with one attached hydrogen (secondary N) is 2. The van der Waals surface area contributed by atoms with Crippen LogP contribution in [0.1, 0.15) is 28.6 Å². The van der Waals surface area contributed by atoms with Gasteiger partial charge in [-0.05, 0) is 26.0 Å². The number of hydrogen-bond acceptors (Lipinski definition) is 6. The van der Waals surface area contributed by atoms with Crippen molar-refractivity contribution in [1.29, 1.82) is 0 Å². The van der Waals surface area contributed by atoms with Crippen molar-refractivity contribution in [2.75, 3.05) is 47.1 Å². The molecule has 0 saturated carbocycles. The number of carbonyl (C=O) groups is 2. The summed E-state index contributed by atoms with van der Waals surface area (Å²) in [5.41, 5.74) is 0. The zero-order chi connectivity index (χ0) is 23.0. The molecule has 2 N–H and O–H groups in total. The molecule has 0 radical (unpaired) electrons. The molecule has 0 aliphatic rings. The molecule has 0 aliphatic carbocycles. The Kier molecular flexibility index (Phi) is 14.7. The first kappa shape index (κ1) is 28.0. The molecule has 0 bridgehead atoms. The molecule has 0 fully saturated rings. The lowest BCUT2D eigenvalue weighted by atomic mass is 10.4. The Hall–Kier alpha value is -2.01. The smallest absolute Gasteiger partial charge is 0.243 e. The van der Waals surface area contributed by atoms with Crippen LogP contribution in [0.3, 0.4) is 0 Å². The molecule has 9 nitrogen and oxygen atoms in total. The predicted octanol–water partition coefficient (Wildman–Crippen LogP) is 1.25. The molecular formula is C20H37N3O6S. The molecule has 0 spiro atoms. The Bertz CT molecular complexity index is 717. The number of sulfonamides is 1. The summed E-state index contributed by atoms with van der Waals surface area (Å²) in [6.07, 6.45) is 0.417. The molecule has 0 aromatic heterocycles. The van der Waals surface area contributed by atoms with Crippen LogP contribution in [0.5, 0.6) is 0 Å². The molecule has 1 rings (SSSR count). The van der Waals surface area contributed by atoms with Crippen LogP contribution in [0.2, 0.25) is 0 Å². The lowest BCUT2D eigenvalue weighted by Gasteiger charge is -2.25. The van der Waals surface area contributed by atoms with Gasteiger partial charge < -0.3 is 20.1 Å². The third-order valence-electron chi connectivity index (χ3n) is 3.82. The van der Waals surface area contributed by atoms with Gasteiger partial charge in [-0.25, -0.2) is 8.42 Å². The maximum absolute atomic E-state index is 12.5. The fourth-order valence-electron chi connectivity index (χ4n) is 2.26. The van der Waals surface area contributed by atoms with Crippen molar-refractivity contribution in [2.24, 2.45) is 0 Å². The van der Waals surface area contributed by atoms with E-state index in [1.54, 1.807) is 44.5 Å². The molecule has 0 aliphatic heterocycles. The van der Waals surface area contributed by atoms with Crippen LogP contribution < -0.4 is 10.6 Å². The van der Waals surface area contributed by atoms with E-state index in [-0.39, 0.29) is 30.7 Å². The van der Waals surface area contributed by atoms with Gasteiger partial charge in [0.1, 0.15) is 0 Å². The summed E-state index contributed by atoms with van der Waals surface area (Å²) >= 11 is 0. The van der Waals surface area contributed by atoms with Gasteiger partial charge in [-0.15, -0.1) is 0 Å². The van der Waals surface area contributed by atoms with Gasteiger partial charge in [-0.2, -0.15) is 4.31 Å². The Morgan fingerprint density at radius 2 is 1.77 bits per heavy atom. The van der Waals surface area contributed by atoms with Gasteiger partial charge in [0, 0.05) is 48.1 Å². The third kappa shape index (κ3) is 11.9. The largest absolute Gasteiger partial charge is 0.382 e. The van der Waals surface area contributed by atoms with Crippen LogP contribution in [-0.2, 0) is 29.1 Å². The van der Waals surface area contributed by atoms with Crippen molar-refractivity contribution in [2.45, 2.75) is 38.1 Å². The van der Waals surface area contributed by atoms with Crippen molar-refractivity contribution >= 4 is 21.8 Å². The number of amides is 2. The minimum atomic E-state index is -3.52. The monoisotopic (exact) mass is 447 g/mol. The van der Waals surface area contributed by atoms with Gasteiger partial charge in [0.15, 0.2) is 0 Å². The highest BCUT2D eigenvalue weighted by Gasteiger charge is 2.26. The summed E-state index contributed by atoms with van der Waals surface area (Å²) in [6, 6.07) is 8.14. The summed E-state index contributed by atoms with van der Waals surface area (Å²) in [5.74, 6) is -0.164. The van der Waals surface area contributed by atoms with E-state index < -0.39 is 10.0 Å². The van der Waals surface area contributed by atoms with Crippen LogP contribution in [0.4, 0.5) is 0 Å². The summed E-state index contributed by atoms with van der Waals surface area (Å²) in [5, 5.41) is 5.12. The predicted molar refractivity (Wildman–Crippen MR) is 118 cm³/mol. The van der Waals surface area contributed by atoms with Crippen molar-refractivity contribution in [3.63, 3.8) is 0 Å². The summed E-state index contributed by atoms with van der Waals surface area (Å²) < 4.78 is 36.1. The molecule has 2 amide bonds. The highest BCUT2D eigenvalue weighted by Crippen LogP contribution is 2.17. The third-order valence-corrected chi connectivity index (χ3v) is 5.91. The van der Waals surface area contributed by atoms with Gasteiger partial charge in [0.25, 0.3) is 0 Å². The Labute approximate surface area is 181 Å². The Morgan fingerprint density at radius 1 is 1.13 bits per heavy atom. The molecule has 30 heavy (non-hydrogen) atoms. The molecular weight excluding hydrogens is 410 g/mol. The van der Waals surface area contributed by atoms with E-state index in [9.17, 15) is 18.0 Å². The molecule has 0 unspecified atom stereocenters. The maximum atomic E-state index is 12.5. The highest BCUT2D eigenvalue weighted by molar-refractivity contribution is 7.89. The number of methoxy groups -OCH3 is 1. The fourth-order valence-corrected chi connectivity index (χ4v) is 3.92. The standard InChI is InChI=1S/C13H20N2O3S.C7H15NO3.H2/c1-11(2)15(10-9-14-12(3)16)19(17,18)13-7-5-4-6-8-13;1-8-7(9)3-4-11-6-5-10-2;/h4-8,11H,9-10H2,1-3H3,(H,14,16);3-6H2,1-2H3,(H,8,9);1H. The van der Waals surface area contributed by atoms with Crippen molar-refractivity contribution < 1.29 is 28.9 Å². The number of benzene rings is 1. The van der Waals surface area contributed by atoms with E-state index in [0.29, 0.717) is 32.8 Å². The van der Waals surface area contributed by atoms with E-state index in [4.69, 9.17) is 9.47 Å². The Morgan fingerprint density at radius 3 is 2.27 bits per heavy atom. The van der Waals surface area contributed by atoms with Crippen LogP contribution in [-0.4, -0.2) is 77.6 Å². The first-order chi connectivity index (χ1) is 14.2. The molecule has 1 aromatic carbocycles. The van der Waals surface area contributed by atoms with E-state index in [2.05, 4.69) is 10.6 Å². The second-order valence-corrected chi connectivity index (χ2v) is 8.42. The van der Waals surface area contributed by atoms with Crippen molar-refractivity contribution in [3.8, 4) is 0 Å². The van der Waals surface area contributed by atoms with Crippen molar-refractivity contribution in [1.82, 2.24) is 14.9 Å². The normalized spacial score (nSPS) is 11.0. The van der Waals surface area contributed by atoms with E-state index in [1.807, 2.05) is 13.8 Å². The summed E-state index contributed by atoms with van der Waals surface area (Å²) in [6.45, 7) is 7.19. The fraction of sp³-hybridized carbons (Fsp3) is 0.600. The van der Waals surface area contributed by atoms with Crippen molar-refractivity contribution in [3.05, 3.63) is 30.3 Å². The zero-order valence-corrected chi connectivity index (χ0v) is 19.3. The minimum absolute atomic E-state index is 0. The van der Waals surface area contributed by atoms with E-state index in [1.165, 1.54) is 11.2 Å². The maximum Gasteiger partial charge on any atom is 0.243 e. The first-order valence-corrected chi connectivity index (χ1v) is 11.2. The number of ether oxygens (including phenoxy) is 2. The van der Waals surface area contributed by atoms with Crippen LogP contribution in [0.15, 0.2) is 35.2 Å². The average Bonchev–Trinajstić information content (AvgIpc) is 2.71. The second-order valence-electron chi connectivity index (χ2n) is 6.53. The molecule has 0 saturated heterocycles. The van der Waals surface area contributed by atoms with E-state index >= 15 is 0 Å². The van der Waals surface area contributed by atoms with Gasteiger partial charge >= 0.3 is 0 Å². The van der Waals surface area contributed by atoms with Crippen LogP contribution in [0.25, 0.3) is 0 Å². The topological polar surface area (TPSA) is 114 Å². The van der Waals surface area contributed by atoms with Gasteiger partial charge in [0.05, 0.1) is 24.7 Å². The quantitative estimate of drug-likeness (QED) is 0.466. The number of hydrogen-bond donors (Lipinski definition) is 2. The average molecular weight is 448 g/mol. The van der Waals surface area contributed by atoms with Gasteiger partial charge in [-0.3, -0.25) is 9.59 Å². The van der Waals surface area contributed by atoms with Crippen LogP contribution in [0, 0.1) is 0 Å². The highest BCUT2D eigenvalue weighted by atomic mass is 32.2. The number of rotatable bonds is 12. The van der Waals surface area contributed by atoms with E-state index in [0.717, 1.165) is 0 Å². The zero-order valence-electron chi connectivity index (χ0n) is 18.5. The number of carbonyl (C=O) groups excluding carboxylic acids is 2. The minimum Gasteiger partial charge on any atom is -0.382 e. The van der Waals surface area contributed by atoms with Gasteiger partial charge in [-0.1, -0.05) is 18.2 Å². The first-order valence-electron chi connectivity index (χ1n) is 9.75. The molecule has 0 atom stereocenters. The summed E-state index contributed by atoms with van der Waals surface area (Å²) in [4.78, 5) is 21.7. The molecule has 10 heteroatoms. The number of nitrogens with zero attached hydrogens (tertiary/aromatic N) is 1. The molecule has 1 aromatic rings. The summed E-state index contributed by atoms with van der Waals surface area (Å²) in [7, 11) is -0.294.